The Morgan fingerprint density at radius 1 is 0.564 bits per heavy atom. The lowest BCUT2D eigenvalue weighted by molar-refractivity contribution is 0.0949. The van der Waals surface area contributed by atoms with Gasteiger partial charge in [-0.05, 0) is 51.3 Å². The van der Waals surface area contributed by atoms with E-state index in [9.17, 15) is 19.8 Å². The van der Waals surface area contributed by atoms with Crippen LogP contribution in [0.5, 0.6) is 11.5 Å². The van der Waals surface area contributed by atoms with Crippen molar-refractivity contribution >= 4 is 11.8 Å². The Morgan fingerprint density at radius 2 is 0.872 bits per heavy atom. The lowest BCUT2D eigenvalue weighted by Crippen LogP contribution is -2.31. The van der Waals surface area contributed by atoms with Crippen molar-refractivity contribution in [2.45, 2.75) is 111 Å². The van der Waals surface area contributed by atoms with E-state index in [-0.39, 0.29) is 56.1 Å². The quantitative estimate of drug-likeness (QED) is 0.303. The number of aromatic hydroxyl groups is 2. The molecule has 0 aliphatic heterocycles. The van der Waals surface area contributed by atoms with Gasteiger partial charge in [-0.15, -0.1) is 0 Å². The van der Waals surface area contributed by atoms with Gasteiger partial charge < -0.3 is 20.8 Å². The SMILES string of the molecule is CC(C)(C)c1cc(C(=O)NCCCNC(=O)c2cc(C(C)(C)C)cc(C(C)(C)C)c2O)c(O)c(C(C)(C)C)c1. The third kappa shape index (κ3) is 8.00. The molecule has 6 heteroatoms. The molecule has 216 valence electrons. The molecule has 0 saturated carbocycles. The van der Waals surface area contributed by atoms with Gasteiger partial charge in [-0.25, -0.2) is 0 Å². The first-order valence-corrected chi connectivity index (χ1v) is 13.9. The molecule has 2 rings (SSSR count). The Morgan fingerprint density at radius 3 is 1.13 bits per heavy atom. The molecule has 0 heterocycles. The second-order valence-electron chi connectivity index (χ2n) is 14.7. The van der Waals surface area contributed by atoms with Crippen molar-refractivity contribution in [2.75, 3.05) is 13.1 Å². The Balaban J connectivity index is 2.13. The number of hydrogen-bond acceptors (Lipinski definition) is 4. The van der Waals surface area contributed by atoms with Gasteiger partial charge in [0.1, 0.15) is 11.5 Å². The van der Waals surface area contributed by atoms with Crippen molar-refractivity contribution in [1.29, 1.82) is 0 Å². The number of rotatable bonds is 6. The van der Waals surface area contributed by atoms with Crippen molar-refractivity contribution in [3.05, 3.63) is 57.6 Å². The summed E-state index contributed by atoms with van der Waals surface area (Å²) in [5, 5.41) is 27.6. The predicted octanol–water partition coefficient (Wildman–Crippen LogP) is 6.84. The summed E-state index contributed by atoms with van der Waals surface area (Å²) in [5.74, 6) is -0.683. The molecule has 0 fully saturated rings. The normalized spacial score (nSPS) is 12.8. The highest BCUT2D eigenvalue weighted by molar-refractivity contribution is 5.98. The van der Waals surface area contributed by atoms with Crippen LogP contribution in [0.15, 0.2) is 24.3 Å². The van der Waals surface area contributed by atoms with E-state index in [4.69, 9.17) is 0 Å². The molecular formula is C33H50N2O4. The second kappa shape index (κ2) is 11.2. The fourth-order valence-corrected chi connectivity index (χ4v) is 4.31. The largest absolute Gasteiger partial charge is 0.507 e. The highest BCUT2D eigenvalue weighted by Crippen LogP contribution is 2.39. The molecule has 0 aliphatic carbocycles. The lowest BCUT2D eigenvalue weighted by atomic mass is 9.79. The fourth-order valence-electron chi connectivity index (χ4n) is 4.31. The van der Waals surface area contributed by atoms with Crippen molar-refractivity contribution in [1.82, 2.24) is 10.6 Å². The molecule has 0 spiro atoms. The summed E-state index contributed by atoms with van der Waals surface area (Å²) in [5.41, 5.74) is 2.93. The van der Waals surface area contributed by atoms with Crippen LogP contribution in [0.4, 0.5) is 0 Å². The number of phenolic OH excluding ortho intramolecular Hbond substituents is 2. The van der Waals surface area contributed by atoms with Gasteiger partial charge in [0, 0.05) is 24.2 Å². The van der Waals surface area contributed by atoms with Crippen LogP contribution in [0, 0.1) is 0 Å². The zero-order chi connectivity index (χ0) is 30.1. The third-order valence-corrected chi connectivity index (χ3v) is 6.98. The monoisotopic (exact) mass is 538 g/mol. The molecule has 2 aromatic carbocycles. The molecule has 0 radical (unpaired) electrons. The molecule has 0 atom stereocenters. The maximum atomic E-state index is 13.1. The van der Waals surface area contributed by atoms with Gasteiger partial charge in [-0.3, -0.25) is 9.59 Å². The van der Waals surface area contributed by atoms with Crippen molar-refractivity contribution in [3.63, 3.8) is 0 Å². The number of nitrogens with one attached hydrogen (secondary N) is 2. The number of carbonyl (C=O) groups is 2. The van der Waals surface area contributed by atoms with E-state index in [1.807, 2.05) is 53.7 Å². The van der Waals surface area contributed by atoms with Gasteiger partial charge >= 0.3 is 0 Å². The molecular weight excluding hydrogens is 488 g/mol. The summed E-state index contributed by atoms with van der Waals surface area (Å²) in [7, 11) is 0. The first-order chi connectivity index (χ1) is 17.5. The Labute approximate surface area is 235 Å². The molecule has 0 saturated heterocycles. The average Bonchev–Trinajstić information content (AvgIpc) is 2.75. The maximum absolute atomic E-state index is 13.1. The molecule has 2 amide bonds. The third-order valence-electron chi connectivity index (χ3n) is 6.98. The number of benzene rings is 2. The summed E-state index contributed by atoms with van der Waals surface area (Å²) in [6.07, 6.45) is 0.495. The van der Waals surface area contributed by atoms with E-state index in [1.54, 1.807) is 12.1 Å². The van der Waals surface area contributed by atoms with Gasteiger partial charge in [-0.1, -0.05) is 95.2 Å². The zero-order valence-electron chi connectivity index (χ0n) is 26.1. The van der Waals surface area contributed by atoms with Crippen LogP contribution >= 0.6 is 0 Å². The molecule has 39 heavy (non-hydrogen) atoms. The molecule has 4 N–H and O–H groups in total. The minimum atomic E-state index is -0.347. The van der Waals surface area contributed by atoms with Gasteiger partial charge in [0.25, 0.3) is 11.8 Å². The van der Waals surface area contributed by atoms with E-state index >= 15 is 0 Å². The van der Waals surface area contributed by atoms with Crippen LogP contribution in [0.25, 0.3) is 0 Å². The average molecular weight is 539 g/mol. The molecule has 6 nitrogen and oxygen atoms in total. The smallest absolute Gasteiger partial charge is 0.255 e. The number of carbonyl (C=O) groups excluding carboxylic acids is 2. The lowest BCUT2D eigenvalue weighted by Gasteiger charge is -2.27. The first-order valence-electron chi connectivity index (χ1n) is 13.9. The van der Waals surface area contributed by atoms with Crippen LogP contribution in [-0.2, 0) is 21.7 Å². The van der Waals surface area contributed by atoms with Crippen LogP contribution in [0.3, 0.4) is 0 Å². The molecule has 0 aliphatic rings. The first kappa shape index (κ1) is 32.2. The molecule has 2 aromatic rings. The van der Waals surface area contributed by atoms with Crippen molar-refractivity contribution in [3.8, 4) is 11.5 Å². The summed E-state index contributed by atoms with van der Waals surface area (Å²) >= 11 is 0. The van der Waals surface area contributed by atoms with E-state index in [0.29, 0.717) is 19.5 Å². The topological polar surface area (TPSA) is 98.7 Å². The summed E-state index contributed by atoms with van der Waals surface area (Å²) in [6.45, 7) is 25.2. The van der Waals surface area contributed by atoms with E-state index in [2.05, 4.69) is 52.2 Å². The maximum Gasteiger partial charge on any atom is 0.255 e. The number of amides is 2. The summed E-state index contributed by atoms with van der Waals surface area (Å²) in [4.78, 5) is 26.1. The van der Waals surface area contributed by atoms with Crippen LogP contribution in [-0.4, -0.2) is 35.1 Å². The number of hydrogen-bond donors (Lipinski definition) is 4. The van der Waals surface area contributed by atoms with Gasteiger partial charge in [0.2, 0.25) is 0 Å². The highest BCUT2D eigenvalue weighted by atomic mass is 16.3. The number of phenols is 2. The second-order valence-corrected chi connectivity index (χ2v) is 14.7. The summed E-state index contributed by atoms with van der Waals surface area (Å²) in [6, 6.07) is 7.49. The Kier molecular flexibility index (Phi) is 9.27. The predicted molar refractivity (Wildman–Crippen MR) is 160 cm³/mol. The van der Waals surface area contributed by atoms with Gasteiger partial charge in [-0.2, -0.15) is 0 Å². The van der Waals surface area contributed by atoms with Crippen LogP contribution in [0.1, 0.15) is 132 Å². The van der Waals surface area contributed by atoms with E-state index < -0.39 is 0 Å². The van der Waals surface area contributed by atoms with Crippen molar-refractivity contribution in [2.24, 2.45) is 0 Å². The minimum absolute atomic E-state index is 0.00478. The fraction of sp³-hybridized carbons (Fsp3) is 0.576. The van der Waals surface area contributed by atoms with Gasteiger partial charge in [0.15, 0.2) is 0 Å². The van der Waals surface area contributed by atoms with Gasteiger partial charge in [0.05, 0.1) is 11.1 Å². The van der Waals surface area contributed by atoms with E-state index in [1.165, 1.54) is 0 Å². The van der Waals surface area contributed by atoms with Crippen LogP contribution < -0.4 is 10.6 Å². The van der Waals surface area contributed by atoms with Crippen LogP contribution in [0.2, 0.25) is 0 Å². The highest BCUT2D eigenvalue weighted by Gasteiger charge is 2.28. The van der Waals surface area contributed by atoms with Crippen molar-refractivity contribution < 1.29 is 19.8 Å². The minimum Gasteiger partial charge on any atom is -0.507 e. The molecule has 0 unspecified atom stereocenters. The van der Waals surface area contributed by atoms with E-state index in [0.717, 1.165) is 22.3 Å². The standard InChI is InChI=1S/C33H50N2O4/c1-30(2,3)20-16-22(26(36)24(18-20)32(7,8)9)28(38)34-14-13-15-35-29(39)23-17-21(31(4,5)6)19-25(27(23)37)33(10,11)12/h16-19,36-37H,13-15H2,1-12H3,(H,34,38)(H,35,39). The Hall–Kier alpha value is -3.02. The molecule has 0 aromatic heterocycles. The Bertz CT molecular complexity index is 1120. The molecule has 0 bridgehead atoms. The zero-order valence-corrected chi connectivity index (χ0v) is 26.1. The summed E-state index contributed by atoms with van der Waals surface area (Å²) < 4.78 is 0.